The molecule has 0 bridgehead atoms. The maximum Gasteiger partial charge on any atom is 0.0178 e. The molecule has 0 heterocycles. The average molecular weight is 211 g/mol. The molecule has 1 aliphatic carbocycles. The highest BCUT2D eigenvalue weighted by Crippen LogP contribution is 2.47. The van der Waals surface area contributed by atoms with Crippen LogP contribution >= 0.6 is 15.9 Å². The molecule has 2 rings (SSSR count). The summed E-state index contributed by atoms with van der Waals surface area (Å²) in [5.41, 5.74) is 1.98. The van der Waals surface area contributed by atoms with Gasteiger partial charge in [-0.05, 0) is 36.0 Å². The van der Waals surface area contributed by atoms with Crippen molar-refractivity contribution in [2.24, 2.45) is 0 Å². The van der Waals surface area contributed by atoms with E-state index in [2.05, 4.69) is 47.1 Å². The Kier molecular flexibility index (Phi) is 1.57. The molecular weight excluding hydrogens is 200 g/mol. The van der Waals surface area contributed by atoms with Gasteiger partial charge in [0, 0.05) is 4.47 Å². The molecule has 0 N–H and O–H groups in total. The Morgan fingerprint density at radius 3 is 2.64 bits per heavy atom. The van der Waals surface area contributed by atoms with Crippen molar-refractivity contribution >= 4 is 15.9 Å². The molecule has 0 radical (unpaired) electrons. The fourth-order valence-electron chi connectivity index (χ4n) is 1.34. The van der Waals surface area contributed by atoms with Crippen LogP contribution in [0.15, 0.2) is 28.7 Å². The van der Waals surface area contributed by atoms with Crippen LogP contribution in [0, 0.1) is 0 Å². The van der Waals surface area contributed by atoms with Crippen LogP contribution in [0.2, 0.25) is 0 Å². The fourth-order valence-corrected chi connectivity index (χ4v) is 1.74. The maximum absolute atomic E-state index is 3.48. The lowest BCUT2D eigenvalue weighted by Crippen LogP contribution is -1.98. The first-order valence-corrected chi connectivity index (χ1v) is 4.76. The van der Waals surface area contributed by atoms with Gasteiger partial charge in [-0.1, -0.05) is 35.0 Å². The monoisotopic (exact) mass is 210 g/mol. The highest BCUT2D eigenvalue weighted by molar-refractivity contribution is 9.10. The summed E-state index contributed by atoms with van der Waals surface area (Å²) in [4.78, 5) is 0. The second-order valence-electron chi connectivity index (χ2n) is 3.57. The summed E-state index contributed by atoms with van der Waals surface area (Å²) < 4.78 is 1.20. The molecular formula is C10H11Br. The van der Waals surface area contributed by atoms with Crippen LogP contribution in [0.4, 0.5) is 0 Å². The second kappa shape index (κ2) is 2.34. The summed E-state index contributed by atoms with van der Waals surface area (Å²) in [6.07, 6.45) is 2.70. The standard InChI is InChI=1S/C10H11Br/c1-10(5-6-10)8-3-2-4-9(11)7-8/h2-4,7H,5-6H2,1H3. The summed E-state index contributed by atoms with van der Waals surface area (Å²) in [6, 6.07) is 8.64. The van der Waals surface area contributed by atoms with E-state index in [1.165, 1.54) is 22.9 Å². The predicted molar refractivity (Wildman–Crippen MR) is 50.7 cm³/mol. The van der Waals surface area contributed by atoms with Crippen molar-refractivity contribution in [3.63, 3.8) is 0 Å². The normalized spacial score (nSPS) is 19.8. The van der Waals surface area contributed by atoms with E-state index < -0.39 is 0 Å². The van der Waals surface area contributed by atoms with Gasteiger partial charge in [0.2, 0.25) is 0 Å². The molecule has 0 saturated heterocycles. The number of halogens is 1. The van der Waals surface area contributed by atoms with Gasteiger partial charge in [-0.3, -0.25) is 0 Å². The van der Waals surface area contributed by atoms with Crippen molar-refractivity contribution in [1.29, 1.82) is 0 Å². The molecule has 0 spiro atoms. The van der Waals surface area contributed by atoms with E-state index >= 15 is 0 Å². The van der Waals surface area contributed by atoms with Crippen LogP contribution in [-0.4, -0.2) is 0 Å². The highest BCUT2D eigenvalue weighted by Gasteiger charge is 2.38. The SMILES string of the molecule is CC1(c2cccc(Br)c2)CC1. The van der Waals surface area contributed by atoms with Gasteiger partial charge in [0.05, 0.1) is 0 Å². The first kappa shape index (κ1) is 7.35. The van der Waals surface area contributed by atoms with Crippen molar-refractivity contribution in [2.45, 2.75) is 25.2 Å². The van der Waals surface area contributed by atoms with Crippen LogP contribution < -0.4 is 0 Å². The minimum atomic E-state index is 0.504. The van der Waals surface area contributed by atoms with Crippen molar-refractivity contribution in [2.75, 3.05) is 0 Å². The first-order valence-electron chi connectivity index (χ1n) is 3.97. The lowest BCUT2D eigenvalue weighted by Gasteiger charge is -2.07. The van der Waals surface area contributed by atoms with Crippen molar-refractivity contribution in [3.05, 3.63) is 34.3 Å². The summed E-state index contributed by atoms with van der Waals surface area (Å²) in [5.74, 6) is 0. The second-order valence-corrected chi connectivity index (χ2v) is 4.49. The van der Waals surface area contributed by atoms with E-state index in [1.54, 1.807) is 0 Å². The molecule has 0 aromatic heterocycles. The van der Waals surface area contributed by atoms with Crippen molar-refractivity contribution in [1.82, 2.24) is 0 Å². The molecule has 1 saturated carbocycles. The Morgan fingerprint density at radius 2 is 2.09 bits per heavy atom. The third-order valence-corrected chi connectivity index (χ3v) is 3.01. The first-order chi connectivity index (χ1) is 5.21. The molecule has 1 aliphatic rings. The Hall–Kier alpha value is -0.300. The zero-order chi connectivity index (χ0) is 7.90. The fraction of sp³-hybridized carbons (Fsp3) is 0.400. The zero-order valence-electron chi connectivity index (χ0n) is 6.60. The summed E-state index contributed by atoms with van der Waals surface area (Å²) >= 11 is 3.48. The van der Waals surface area contributed by atoms with Crippen LogP contribution in [0.5, 0.6) is 0 Å². The van der Waals surface area contributed by atoms with Gasteiger partial charge < -0.3 is 0 Å². The van der Waals surface area contributed by atoms with Crippen LogP contribution in [-0.2, 0) is 5.41 Å². The van der Waals surface area contributed by atoms with Gasteiger partial charge in [0.15, 0.2) is 0 Å². The molecule has 58 valence electrons. The Bertz CT molecular complexity index is 274. The third kappa shape index (κ3) is 1.34. The van der Waals surface area contributed by atoms with E-state index in [-0.39, 0.29) is 0 Å². The van der Waals surface area contributed by atoms with E-state index in [0.717, 1.165) is 0 Å². The van der Waals surface area contributed by atoms with Gasteiger partial charge >= 0.3 is 0 Å². The Labute approximate surface area is 75.8 Å². The number of hydrogen-bond donors (Lipinski definition) is 0. The molecule has 0 atom stereocenters. The van der Waals surface area contributed by atoms with Crippen molar-refractivity contribution in [3.8, 4) is 0 Å². The molecule has 0 nitrogen and oxygen atoms in total. The van der Waals surface area contributed by atoms with Crippen LogP contribution in [0.1, 0.15) is 25.3 Å². The predicted octanol–water partition coefficient (Wildman–Crippen LogP) is 3.50. The van der Waals surface area contributed by atoms with E-state index in [1.807, 2.05) is 0 Å². The quantitative estimate of drug-likeness (QED) is 0.666. The molecule has 0 unspecified atom stereocenters. The average Bonchev–Trinajstić information content (AvgIpc) is 2.70. The Morgan fingerprint density at radius 1 is 1.36 bits per heavy atom. The van der Waals surface area contributed by atoms with E-state index in [4.69, 9.17) is 0 Å². The lowest BCUT2D eigenvalue weighted by molar-refractivity contribution is 0.787. The molecule has 1 heteroatoms. The summed E-state index contributed by atoms with van der Waals surface area (Å²) in [6.45, 7) is 2.33. The van der Waals surface area contributed by atoms with Gasteiger partial charge in [0.25, 0.3) is 0 Å². The molecule has 1 aromatic carbocycles. The highest BCUT2D eigenvalue weighted by atomic mass is 79.9. The van der Waals surface area contributed by atoms with Gasteiger partial charge in [-0.15, -0.1) is 0 Å². The molecule has 11 heavy (non-hydrogen) atoms. The number of rotatable bonds is 1. The maximum atomic E-state index is 3.48. The molecule has 1 aromatic rings. The smallest absolute Gasteiger partial charge is 0.0178 e. The lowest BCUT2D eigenvalue weighted by atomic mass is 9.99. The zero-order valence-corrected chi connectivity index (χ0v) is 8.19. The molecule has 0 aliphatic heterocycles. The summed E-state index contributed by atoms with van der Waals surface area (Å²) in [5, 5.41) is 0. The van der Waals surface area contributed by atoms with Crippen LogP contribution in [0.25, 0.3) is 0 Å². The van der Waals surface area contributed by atoms with Crippen molar-refractivity contribution < 1.29 is 0 Å². The minimum absolute atomic E-state index is 0.504. The topological polar surface area (TPSA) is 0 Å². The number of benzene rings is 1. The molecule has 1 fully saturated rings. The largest absolute Gasteiger partial charge is 0.0609 e. The van der Waals surface area contributed by atoms with Gasteiger partial charge in [-0.2, -0.15) is 0 Å². The number of hydrogen-bond acceptors (Lipinski definition) is 0. The van der Waals surface area contributed by atoms with Gasteiger partial charge in [0.1, 0.15) is 0 Å². The third-order valence-electron chi connectivity index (χ3n) is 2.52. The molecule has 0 amide bonds. The van der Waals surface area contributed by atoms with E-state index in [0.29, 0.717) is 5.41 Å². The van der Waals surface area contributed by atoms with Gasteiger partial charge in [-0.25, -0.2) is 0 Å². The minimum Gasteiger partial charge on any atom is -0.0609 e. The van der Waals surface area contributed by atoms with Crippen LogP contribution in [0.3, 0.4) is 0 Å². The summed E-state index contributed by atoms with van der Waals surface area (Å²) in [7, 11) is 0. The van der Waals surface area contributed by atoms with E-state index in [9.17, 15) is 0 Å². The Balaban J connectivity index is 2.38.